The van der Waals surface area contributed by atoms with E-state index in [0.717, 1.165) is 23.7 Å². The van der Waals surface area contributed by atoms with Crippen molar-refractivity contribution in [2.24, 2.45) is 5.92 Å². The predicted octanol–water partition coefficient (Wildman–Crippen LogP) is 3.93. The number of nitrogens with zero attached hydrogens (tertiary/aromatic N) is 3. The molecule has 1 saturated heterocycles. The van der Waals surface area contributed by atoms with Gasteiger partial charge in [-0.05, 0) is 43.7 Å². The minimum atomic E-state index is -0.257. The summed E-state index contributed by atoms with van der Waals surface area (Å²) < 4.78 is 13.9. The van der Waals surface area contributed by atoms with Gasteiger partial charge in [-0.1, -0.05) is 18.9 Å². The van der Waals surface area contributed by atoms with Crippen LogP contribution in [0.4, 0.5) is 10.2 Å². The maximum atomic E-state index is 13.9. The molecule has 0 amide bonds. The van der Waals surface area contributed by atoms with Crippen molar-refractivity contribution in [2.45, 2.75) is 44.6 Å². The summed E-state index contributed by atoms with van der Waals surface area (Å²) in [5, 5.41) is 0.849. The van der Waals surface area contributed by atoms with Gasteiger partial charge in [0, 0.05) is 18.0 Å². The SMILES string of the molecule is Fc1cccc2c(N3CCCC3C3CCCC3)ncnc12. The molecule has 0 bridgehead atoms. The molecule has 1 atom stereocenters. The molecule has 1 unspecified atom stereocenters. The van der Waals surface area contributed by atoms with Crippen LogP contribution >= 0.6 is 0 Å². The molecule has 4 heteroatoms. The Morgan fingerprint density at radius 1 is 1.05 bits per heavy atom. The molecule has 1 aromatic heterocycles. The first kappa shape index (κ1) is 13.0. The number of hydrogen-bond acceptors (Lipinski definition) is 3. The molecule has 2 aromatic rings. The van der Waals surface area contributed by atoms with E-state index in [4.69, 9.17) is 0 Å². The molecule has 1 aromatic carbocycles. The lowest BCUT2D eigenvalue weighted by molar-refractivity contribution is 0.429. The average Bonchev–Trinajstić information content (AvgIpc) is 3.18. The quantitative estimate of drug-likeness (QED) is 0.837. The van der Waals surface area contributed by atoms with Gasteiger partial charge in [-0.2, -0.15) is 0 Å². The zero-order valence-electron chi connectivity index (χ0n) is 12.1. The van der Waals surface area contributed by atoms with Gasteiger partial charge in [0.25, 0.3) is 0 Å². The Morgan fingerprint density at radius 3 is 2.76 bits per heavy atom. The lowest BCUT2D eigenvalue weighted by atomic mass is 9.96. The zero-order chi connectivity index (χ0) is 14.2. The number of hydrogen-bond donors (Lipinski definition) is 0. The van der Waals surface area contributed by atoms with Gasteiger partial charge in [0.05, 0.1) is 0 Å². The molecule has 1 saturated carbocycles. The van der Waals surface area contributed by atoms with Crippen molar-refractivity contribution in [2.75, 3.05) is 11.4 Å². The fraction of sp³-hybridized carbons (Fsp3) is 0.529. The van der Waals surface area contributed by atoms with Gasteiger partial charge >= 0.3 is 0 Å². The highest BCUT2D eigenvalue weighted by Gasteiger charge is 2.34. The van der Waals surface area contributed by atoms with Crippen LogP contribution in [0, 0.1) is 11.7 Å². The number of fused-ring (bicyclic) bond motifs is 1. The second-order valence-corrected chi connectivity index (χ2v) is 6.28. The Bertz CT molecular complexity index is 652. The highest BCUT2D eigenvalue weighted by atomic mass is 19.1. The van der Waals surface area contributed by atoms with E-state index >= 15 is 0 Å². The number of rotatable bonds is 2. The van der Waals surface area contributed by atoms with Crippen LogP contribution in [0.5, 0.6) is 0 Å². The van der Waals surface area contributed by atoms with Crippen molar-refractivity contribution >= 4 is 16.7 Å². The van der Waals surface area contributed by atoms with E-state index < -0.39 is 0 Å². The van der Waals surface area contributed by atoms with Crippen LogP contribution in [0.25, 0.3) is 10.9 Å². The summed E-state index contributed by atoms with van der Waals surface area (Å²) in [5.41, 5.74) is 0.444. The van der Waals surface area contributed by atoms with Crippen molar-refractivity contribution in [3.8, 4) is 0 Å². The molecule has 3 nitrogen and oxygen atoms in total. The summed E-state index contributed by atoms with van der Waals surface area (Å²) in [6.07, 6.45) is 9.33. The first-order valence-electron chi connectivity index (χ1n) is 8.00. The molecular weight excluding hydrogens is 265 g/mol. The smallest absolute Gasteiger partial charge is 0.149 e. The number of benzene rings is 1. The van der Waals surface area contributed by atoms with Crippen LogP contribution in [-0.4, -0.2) is 22.6 Å². The zero-order valence-corrected chi connectivity index (χ0v) is 12.1. The first-order chi connectivity index (χ1) is 10.3. The maximum Gasteiger partial charge on any atom is 0.149 e. The Kier molecular flexibility index (Phi) is 3.24. The lowest BCUT2D eigenvalue weighted by Gasteiger charge is -2.31. The molecule has 0 radical (unpaired) electrons. The van der Waals surface area contributed by atoms with Gasteiger partial charge in [-0.25, -0.2) is 14.4 Å². The molecule has 0 N–H and O–H groups in total. The first-order valence-corrected chi connectivity index (χ1v) is 8.00. The minimum absolute atomic E-state index is 0.257. The lowest BCUT2D eigenvalue weighted by Crippen LogP contribution is -2.35. The summed E-state index contributed by atoms with van der Waals surface area (Å²) >= 11 is 0. The maximum absolute atomic E-state index is 13.9. The second-order valence-electron chi connectivity index (χ2n) is 6.28. The highest BCUT2D eigenvalue weighted by Crippen LogP contribution is 2.38. The summed E-state index contributed by atoms with van der Waals surface area (Å²) in [5.74, 6) is 1.45. The molecule has 110 valence electrons. The third-order valence-corrected chi connectivity index (χ3v) is 5.11. The Morgan fingerprint density at radius 2 is 1.90 bits per heavy atom. The van der Waals surface area contributed by atoms with E-state index in [1.165, 1.54) is 50.9 Å². The fourth-order valence-corrected chi connectivity index (χ4v) is 4.15. The molecular formula is C17H20FN3. The van der Waals surface area contributed by atoms with Crippen molar-refractivity contribution in [3.05, 3.63) is 30.3 Å². The van der Waals surface area contributed by atoms with Gasteiger partial charge in [0.2, 0.25) is 0 Å². The molecule has 2 fully saturated rings. The summed E-state index contributed by atoms with van der Waals surface area (Å²) in [7, 11) is 0. The van der Waals surface area contributed by atoms with E-state index in [1.807, 2.05) is 6.07 Å². The third-order valence-electron chi connectivity index (χ3n) is 5.11. The Balaban J connectivity index is 1.76. The van der Waals surface area contributed by atoms with Crippen molar-refractivity contribution in [1.82, 2.24) is 9.97 Å². The van der Waals surface area contributed by atoms with Crippen molar-refractivity contribution in [1.29, 1.82) is 0 Å². The summed E-state index contributed by atoms with van der Waals surface area (Å²) in [6, 6.07) is 5.74. The molecule has 0 spiro atoms. The second kappa shape index (κ2) is 5.24. The average molecular weight is 285 g/mol. The van der Waals surface area contributed by atoms with Gasteiger partial charge in [0.1, 0.15) is 23.5 Å². The molecule has 21 heavy (non-hydrogen) atoms. The van der Waals surface area contributed by atoms with Crippen LogP contribution in [0.1, 0.15) is 38.5 Å². The standard InChI is InChI=1S/C17H20FN3/c18-14-8-3-7-13-16(14)19-11-20-17(13)21-10-4-9-15(21)12-5-1-2-6-12/h3,7-8,11-12,15H,1-2,4-6,9-10H2. The van der Waals surface area contributed by atoms with Gasteiger partial charge in [-0.3, -0.25) is 0 Å². The third kappa shape index (κ3) is 2.17. The van der Waals surface area contributed by atoms with E-state index in [9.17, 15) is 4.39 Å². The van der Waals surface area contributed by atoms with Crippen LogP contribution in [0.15, 0.2) is 24.5 Å². The summed E-state index contributed by atoms with van der Waals surface area (Å²) in [6.45, 7) is 1.03. The number of halogens is 1. The van der Waals surface area contributed by atoms with Crippen LogP contribution in [0.2, 0.25) is 0 Å². The van der Waals surface area contributed by atoms with E-state index in [2.05, 4.69) is 14.9 Å². The molecule has 1 aliphatic heterocycles. The molecule has 2 heterocycles. The largest absolute Gasteiger partial charge is 0.353 e. The predicted molar refractivity (Wildman–Crippen MR) is 81.8 cm³/mol. The summed E-state index contributed by atoms with van der Waals surface area (Å²) in [4.78, 5) is 11.0. The number of aromatic nitrogens is 2. The van der Waals surface area contributed by atoms with Crippen LogP contribution < -0.4 is 4.90 Å². The molecule has 1 aliphatic carbocycles. The topological polar surface area (TPSA) is 29.0 Å². The monoisotopic (exact) mass is 285 g/mol. The minimum Gasteiger partial charge on any atom is -0.353 e. The fourth-order valence-electron chi connectivity index (χ4n) is 4.15. The van der Waals surface area contributed by atoms with Crippen molar-refractivity contribution < 1.29 is 4.39 Å². The molecule has 4 rings (SSSR count). The van der Waals surface area contributed by atoms with Gasteiger partial charge in [-0.15, -0.1) is 0 Å². The van der Waals surface area contributed by atoms with Gasteiger partial charge in [0.15, 0.2) is 0 Å². The Hall–Kier alpha value is -1.71. The normalized spacial score (nSPS) is 23.3. The van der Waals surface area contributed by atoms with Crippen molar-refractivity contribution in [3.63, 3.8) is 0 Å². The number of para-hydroxylation sites is 1. The highest BCUT2D eigenvalue weighted by molar-refractivity contribution is 5.89. The van der Waals surface area contributed by atoms with E-state index in [-0.39, 0.29) is 5.82 Å². The van der Waals surface area contributed by atoms with Gasteiger partial charge < -0.3 is 4.90 Å². The number of anilines is 1. The van der Waals surface area contributed by atoms with Crippen LogP contribution in [0.3, 0.4) is 0 Å². The van der Waals surface area contributed by atoms with E-state index in [1.54, 1.807) is 6.07 Å². The molecule has 2 aliphatic rings. The van der Waals surface area contributed by atoms with E-state index in [0.29, 0.717) is 11.6 Å². The Labute approximate surface area is 124 Å². The van der Waals surface area contributed by atoms with Crippen LogP contribution in [-0.2, 0) is 0 Å².